The number of ether oxygens (including phenoxy) is 2. The number of esters is 1. The maximum atomic E-state index is 11.9. The summed E-state index contributed by atoms with van der Waals surface area (Å²) in [7, 11) is 0. The minimum Gasteiger partial charge on any atom is -0.462 e. The van der Waals surface area contributed by atoms with Gasteiger partial charge in [-0.25, -0.2) is 4.79 Å². The molecule has 3 aromatic rings. The number of aromatic nitrogens is 2. The molecule has 1 aromatic heterocycles. The highest BCUT2D eigenvalue weighted by Crippen LogP contribution is 2.26. The molecule has 0 aliphatic carbocycles. The Hall–Kier alpha value is -3.72. The molecule has 0 atom stereocenters. The van der Waals surface area contributed by atoms with E-state index in [1.54, 1.807) is 23.6 Å². The van der Waals surface area contributed by atoms with Gasteiger partial charge in [0.25, 0.3) is 0 Å². The van der Waals surface area contributed by atoms with E-state index in [0.717, 1.165) is 16.7 Å². The molecule has 1 aliphatic rings. The van der Waals surface area contributed by atoms with Crippen LogP contribution in [0.4, 0.5) is 5.82 Å². The van der Waals surface area contributed by atoms with Gasteiger partial charge >= 0.3 is 17.8 Å². The molecule has 0 bridgehead atoms. The number of hydrogen-bond acceptors (Lipinski definition) is 7. The van der Waals surface area contributed by atoms with Gasteiger partial charge in [0.2, 0.25) is 0 Å². The highest BCUT2D eigenvalue weighted by Gasteiger charge is 2.23. The van der Waals surface area contributed by atoms with Crippen molar-refractivity contribution in [3.05, 3.63) is 76.0 Å². The SMILES string of the molecule is CCOC(=O)c1ccc(-c2ccccc2CN2CCOc3nc([N+](=O)[O-])cn3CC2)cc1. The summed E-state index contributed by atoms with van der Waals surface area (Å²) in [5, 5.41) is 11.0. The number of carbonyl (C=O) groups is 1. The number of hydrogen-bond donors (Lipinski definition) is 0. The van der Waals surface area contributed by atoms with Crippen molar-refractivity contribution in [2.24, 2.45) is 0 Å². The monoisotopic (exact) mass is 436 g/mol. The molecule has 4 rings (SSSR count). The molecular formula is C23H24N4O5. The van der Waals surface area contributed by atoms with E-state index in [9.17, 15) is 14.9 Å². The number of carbonyl (C=O) groups excluding carboxylic acids is 1. The van der Waals surface area contributed by atoms with Gasteiger partial charge in [-0.3, -0.25) is 9.47 Å². The van der Waals surface area contributed by atoms with Crippen LogP contribution in [0.2, 0.25) is 0 Å². The average Bonchev–Trinajstić information content (AvgIpc) is 3.19. The summed E-state index contributed by atoms with van der Waals surface area (Å²) in [4.78, 5) is 28.6. The molecule has 0 N–H and O–H groups in total. The molecule has 9 nitrogen and oxygen atoms in total. The molecule has 32 heavy (non-hydrogen) atoms. The second kappa shape index (κ2) is 9.61. The fourth-order valence-electron chi connectivity index (χ4n) is 3.72. The van der Waals surface area contributed by atoms with Gasteiger partial charge in [-0.2, -0.15) is 0 Å². The lowest BCUT2D eigenvalue weighted by molar-refractivity contribution is -0.389. The Morgan fingerprint density at radius 2 is 1.94 bits per heavy atom. The van der Waals surface area contributed by atoms with E-state index in [0.29, 0.717) is 51.0 Å². The summed E-state index contributed by atoms with van der Waals surface area (Å²) in [6.07, 6.45) is 1.41. The van der Waals surface area contributed by atoms with Crippen molar-refractivity contribution in [2.75, 3.05) is 26.3 Å². The fourth-order valence-corrected chi connectivity index (χ4v) is 3.72. The maximum absolute atomic E-state index is 11.9. The number of benzene rings is 2. The van der Waals surface area contributed by atoms with Crippen LogP contribution in [-0.2, 0) is 17.8 Å². The van der Waals surface area contributed by atoms with Crippen LogP contribution in [0.5, 0.6) is 6.01 Å². The van der Waals surface area contributed by atoms with E-state index in [2.05, 4.69) is 22.0 Å². The Kier molecular flexibility index (Phi) is 6.46. The molecule has 166 valence electrons. The number of nitro groups is 1. The van der Waals surface area contributed by atoms with Crippen LogP contribution in [0.25, 0.3) is 11.1 Å². The normalized spacial score (nSPS) is 14.0. The van der Waals surface area contributed by atoms with Crippen LogP contribution >= 0.6 is 0 Å². The molecule has 0 saturated carbocycles. The van der Waals surface area contributed by atoms with Crippen LogP contribution in [0.3, 0.4) is 0 Å². The topological polar surface area (TPSA) is 99.7 Å². The molecule has 0 radical (unpaired) electrons. The molecule has 0 fully saturated rings. The second-order valence-corrected chi connectivity index (χ2v) is 7.41. The van der Waals surface area contributed by atoms with Gasteiger partial charge in [-0.15, -0.1) is 0 Å². The number of nitrogens with zero attached hydrogens (tertiary/aromatic N) is 4. The first-order chi connectivity index (χ1) is 15.5. The van der Waals surface area contributed by atoms with E-state index in [1.807, 2.05) is 24.3 Å². The van der Waals surface area contributed by atoms with E-state index >= 15 is 0 Å². The average molecular weight is 436 g/mol. The third-order valence-electron chi connectivity index (χ3n) is 5.33. The van der Waals surface area contributed by atoms with E-state index in [-0.39, 0.29) is 11.8 Å². The highest BCUT2D eigenvalue weighted by molar-refractivity contribution is 5.90. The van der Waals surface area contributed by atoms with Gasteiger partial charge in [0.15, 0.2) is 0 Å². The van der Waals surface area contributed by atoms with Crippen molar-refractivity contribution < 1.29 is 19.2 Å². The highest BCUT2D eigenvalue weighted by atomic mass is 16.6. The third-order valence-corrected chi connectivity index (χ3v) is 5.33. The summed E-state index contributed by atoms with van der Waals surface area (Å²) in [6.45, 7) is 5.16. The fraction of sp³-hybridized carbons (Fsp3) is 0.304. The third kappa shape index (κ3) is 4.78. The number of rotatable bonds is 6. The molecule has 0 amide bonds. The lowest BCUT2D eigenvalue weighted by atomic mass is 9.98. The van der Waals surface area contributed by atoms with Crippen LogP contribution in [0, 0.1) is 10.1 Å². The van der Waals surface area contributed by atoms with Crippen molar-refractivity contribution in [2.45, 2.75) is 20.0 Å². The first-order valence-electron chi connectivity index (χ1n) is 10.5. The Balaban J connectivity index is 1.49. The summed E-state index contributed by atoms with van der Waals surface area (Å²) < 4.78 is 12.4. The van der Waals surface area contributed by atoms with Gasteiger partial charge in [-0.1, -0.05) is 36.4 Å². The van der Waals surface area contributed by atoms with E-state index < -0.39 is 4.92 Å². The molecule has 0 saturated heterocycles. The molecule has 2 heterocycles. The van der Waals surface area contributed by atoms with Gasteiger partial charge in [0.05, 0.1) is 12.2 Å². The number of fused-ring (bicyclic) bond motifs is 1. The largest absolute Gasteiger partial charge is 0.462 e. The zero-order valence-corrected chi connectivity index (χ0v) is 17.8. The van der Waals surface area contributed by atoms with Gasteiger partial charge in [-0.05, 0) is 40.7 Å². The minimum atomic E-state index is -0.511. The Morgan fingerprint density at radius 1 is 1.16 bits per heavy atom. The van der Waals surface area contributed by atoms with Gasteiger partial charge in [0.1, 0.15) is 12.8 Å². The van der Waals surface area contributed by atoms with Crippen molar-refractivity contribution in [1.82, 2.24) is 14.5 Å². The standard InChI is InChI=1S/C23H24N4O5/c1-2-31-22(28)18-9-7-17(8-10-18)20-6-4-3-5-19(20)15-25-11-12-26-16-21(27(29)30)24-23(26)32-14-13-25/h3-10,16H,2,11-15H2,1H3. The van der Waals surface area contributed by atoms with Gasteiger partial charge in [0, 0.05) is 31.2 Å². The van der Waals surface area contributed by atoms with Crippen LogP contribution in [0.1, 0.15) is 22.8 Å². The Labute approximate surface area is 185 Å². The zero-order valence-electron chi connectivity index (χ0n) is 17.8. The number of imidazole rings is 1. The Morgan fingerprint density at radius 3 is 2.69 bits per heavy atom. The van der Waals surface area contributed by atoms with E-state index in [1.165, 1.54) is 6.20 Å². The molecule has 1 aliphatic heterocycles. The predicted octanol–water partition coefficient (Wildman–Crippen LogP) is 3.53. The molecular weight excluding hydrogens is 412 g/mol. The molecule has 2 aromatic carbocycles. The summed E-state index contributed by atoms with van der Waals surface area (Å²) in [5.74, 6) is -0.530. The quantitative estimate of drug-likeness (QED) is 0.331. The van der Waals surface area contributed by atoms with Crippen molar-refractivity contribution in [1.29, 1.82) is 0 Å². The summed E-state index contributed by atoms with van der Waals surface area (Å²) in [5.41, 5.74) is 3.78. The van der Waals surface area contributed by atoms with Crippen LogP contribution < -0.4 is 4.74 Å². The minimum absolute atomic E-state index is 0.204. The lowest BCUT2D eigenvalue weighted by Crippen LogP contribution is -2.33. The first kappa shape index (κ1) is 21.5. The van der Waals surface area contributed by atoms with Crippen molar-refractivity contribution in [3.8, 4) is 17.1 Å². The van der Waals surface area contributed by atoms with Crippen LogP contribution in [-0.4, -0.2) is 51.6 Å². The summed E-state index contributed by atoms with van der Waals surface area (Å²) in [6, 6.07) is 15.8. The molecule has 9 heteroatoms. The lowest BCUT2D eigenvalue weighted by Gasteiger charge is -2.25. The molecule has 0 unspecified atom stereocenters. The summed E-state index contributed by atoms with van der Waals surface area (Å²) >= 11 is 0. The predicted molar refractivity (Wildman–Crippen MR) is 117 cm³/mol. The second-order valence-electron chi connectivity index (χ2n) is 7.41. The molecule has 0 spiro atoms. The smallest absolute Gasteiger partial charge is 0.414 e. The van der Waals surface area contributed by atoms with Crippen LogP contribution in [0.15, 0.2) is 54.7 Å². The van der Waals surface area contributed by atoms with Crippen molar-refractivity contribution >= 4 is 11.8 Å². The van der Waals surface area contributed by atoms with Gasteiger partial charge < -0.3 is 19.6 Å². The Bertz CT molecular complexity index is 1110. The maximum Gasteiger partial charge on any atom is 0.414 e. The van der Waals surface area contributed by atoms with E-state index in [4.69, 9.17) is 9.47 Å². The first-order valence-corrected chi connectivity index (χ1v) is 10.5. The zero-order chi connectivity index (χ0) is 22.5. The van der Waals surface area contributed by atoms with Crippen molar-refractivity contribution in [3.63, 3.8) is 0 Å².